The number of hydrogen-bond donors (Lipinski definition) is 2. The van der Waals surface area contributed by atoms with Crippen LogP contribution < -0.4 is 0 Å². The third kappa shape index (κ3) is 11.7. The Morgan fingerprint density at radius 3 is 1.55 bits per heavy atom. The van der Waals surface area contributed by atoms with E-state index in [9.17, 15) is 8.42 Å². The minimum atomic E-state index is -4.08. The van der Waals surface area contributed by atoms with Crippen LogP contribution in [0.15, 0.2) is 0 Å². The highest BCUT2D eigenvalue weighted by molar-refractivity contribution is 7.86. The van der Waals surface area contributed by atoms with E-state index in [1.807, 2.05) is 0 Å². The molecule has 0 saturated carbocycles. The lowest BCUT2D eigenvalue weighted by molar-refractivity contribution is 0.276. The molecule has 0 aromatic heterocycles. The summed E-state index contributed by atoms with van der Waals surface area (Å²) < 4.78 is 30.6. The van der Waals surface area contributed by atoms with E-state index >= 15 is 0 Å². The Hall–Kier alpha value is -0.130. The fourth-order valence-electron chi connectivity index (χ4n) is 2.37. The van der Waals surface area contributed by atoms with Crippen molar-refractivity contribution in [2.45, 2.75) is 89.2 Å². The predicted molar refractivity (Wildman–Crippen MR) is 83.5 cm³/mol. The van der Waals surface area contributed by atoms with E-state index in [4.69, 9.17) is 9.66 Å². The first kappa shape index (κ1) is 19.9. The SMILES string of the molecule is CCCCCCCCCCCCCC(CO)S(=O)(=O)O. The van der Waals surface area contributed by atoms with Crippen LogP contribution in [0.2, 0.25) is 0 Å². The smallest absolute Gasteiger partial charge is 0.270 e. The molecule has 0 saturated heterocycles. The molecule has 1 atom stereocenters. The van der Waals surface area contributed by atoms with Crippen molar-refractivity contribution in [1.82, 2.24) is 0 Å². The van der Waals surface area contributed by atoms with Gasteiger partial charge in [0, 0.05) is 0 Å². The first-order valence-corrected chi connectivity index (χ1v) is 9.59. The molecule has 5 heteroatoms. The Bertz CT molecular complexity index is 301. The summed E-state index contributed by atoms with van der Waals surface area (Å²) in [6.45, 7) is 1.74. The normalized spacial score (nSPS) is 13.6. The van der Waals surface area contributed by atoms with Crippen molar-refractivity contribution in [3.63, 3.8) is 0 Å². The number of hydrogen-bond acceptors (Lipinski definition) is 3. The van der Waals surface area contributed by atoms with Crippen LogP contribution in [0.1, 0.15) is 84.0 Å². The van der Waals surface area contributed by atoms with E-state index < -0.39 is 22.0 Å². The van der Waals surface area contributed by atoms with E-state index in [2.05, 4.69) is 6.92 Å². The molecule has 0 spiro atoms. The molecular weight excluding hydrogens is 276 g/mol. The van der Waals surface area contributed by atoms with Gasteiger partial charge in [0.05, 0.1) is 6.61 Å². The van der Waals surface area contributed by atoms with Gasteiger partial charge in [-0.15, -0.1) is 0 Å². The largest absolute Gasteiger partial charge is 0.395 e. The molecule has 0 aliphatic heterocycles. The third-order valence-electron chi connectivity index (χ3n) is 3.75. The van der Waals surface area contributed by atoms with Crippen LogP contribution in [0, 0.1) is 0 Å². The van der Waals surface area contributed by atoms with Gasteiger partial charge in [0.1, 0.15) is 5.25 Å². The van der Waals surface area contributed by atoms with Crippen LogP contribution in [-0.2, 0) is 10.1 Å². The van der Waals surface area contributed by atoms with Gasteiger partial charge in [-0.1, -0.05) is 77.6 Å². The number of rotatable bonds is 14. The second-order valence-electron chi connectivity index (χ2n) is 5.64. The second kappa shape index (κ2) is 12.6. The minimum absolute atomic E-state index is 0.354. The van der Waals surface area contributed by atoms with Crippen molar-refractivity contribution in [2.75, 3.05) is 6.61 Å². The number of aliphatic hydroxyl groups is 1. The van der Waals surface area contributed by atoms with Crippen molar-refractivity contribution >= 4 is 10.1 Å². The second-order valence-corrected chi connectivity index (χ2v) is 7.34. The molecule has 0 aromatic rings. The Balaban J connectivity index is 3.32. The molecule has 0 aromatic carbocycles. The van der Waals surface area contributed by atoms with Crippen molar-refractivity contribution in [1.29, 1.82) is 0 Å². The van der Waals surface area contributed by atoms with Crippen molar-refractivity contribution < 1.29 is 18.1 Å². The van der Waals surface area contributed by atoms with Crippen LogP contribution in [0.5, 0.6) is 0 Å². The Morgan fingerprint density at radius 1 is 0.800 bits per heavy atom. The molecule has 20 heavy (non-hydrogen) atoms. The summed E-state index contributed by atoms with van der Waals surface area (Å²) >= 11 is 0. The lowest BCUT2D eigenvalue weighted by atomic mass is 10.0. The maximum atomic E-state index is 10.9. The third-order valence-corrected chi connectivity index (χ3v) is 4.98. The molecule has 4 nitrogen and oxygen atoms in total. The summed E-state index contributed by atoms with van der Waals surface area (Å²) in [4.78, 5) is 0. The van der Waals surface area contributed by atoms with Gasteiger partial charge >= 0.3 is 0 Å². The summed E-state index contributed by atoms with van der Waals surface area (Å²) in [5, 5.41) is 7.88. The van der Waals surface area contributed by atoms with Gasteiger partial charge in [-0.2, -0.15) is 8.42 Å². The topological polar surface area (TPSA) is 74.6 Å². The molecule has 0 fully saturated rings. The van der Waals surface area contributed by atoms with Gasteiger partial charge in [0.2, 0.25) is 0 Å². The Labute approximate surface area is 124 Å². The first-order chi connectivity index (χ1) is 9.52. The van der Waals surface area contributed by atoms with Gasteiger partial charge in [-0.05, 0) is 6.42 Å². The maximum absolute atomic E-state index is 10.9. The molecule has 0 amide bonds. The average molecular weight is 308 g/mol. The van der Waals surface area contributed by atoms with Gasteiger partial charge in [-0.3, -0.25) is 4.55 Å². The van der Waals surface area contributed by atoms with Crippen LogP contribution >= 0.6 is 0 Å². The first-order valence-electron chi connectivity index (χ1n) is 8.09. The van der Waals surface area contributed by atoms with E-state index in [1.54, 1.807) is 0 Å². The zero-order chi connectivity index (χ0) is 15.3. The van der Waals surface area contributed by atoms with Crippen LogP contribution in [0.4, 0.5) is 0 Å². The molecule has 0 bridgehead atoms. The van der Waals surface area contributed by atoms with Crippen molar-refractivity contribution in [3.05, 3.63) is 0 Å². The molecule has 2 N–H and O–H groups in total. The van der Waals surface area contributed by atoms with Gasteiger partial charge < -0.3 is 5.11 Å². The van der Waals surface area contributed by atoms with Crippen LogP contribution in [0.3, 0.4) is 0 Å². The molecule has 0 rings (SSSR count). The zero-order valence-corrected chi connectivity index (χ0v) is 13.7. The Kier molecular flexibility index (Phi) is 12.5. The number of unbranched alkanes of at least 4 members (excludes halogenated alkanes) is 10. The van der Waals surface area contributed by atoms with E-state index in [-0.39, 0.29) is 0 Å². The molecule has 122 valence electrons. The van der Waals surface area contributed by atoms with Gasteiger partial charge in [-0.25, -0.2) is 0 Å². The monoisotopic (exact) mass is 308 g/mol. The van der Waals surface area contributed by atoms with Crippen molar-refractivity contribution in [2.24, 2.45) is 0 Å². The highest BCUT2D eigenvalue weighted by atomic mass is 32.2. The summed E-state index contributed by atoms with van der Waals surface area (Å²) in [6.07, 6.45) is 13.6. The molecule has 0 heterocycles. The maximum Gasteiger partial charge on any atom is 0.270 e. The van der Waals surface area contributed by atoms with E-state index in [1.165, 1.54) is 51.4 Å². The molecule has 0 aliphatic carbocycles. The standard InChI is InChI=1S/C15H32O4S/c1-2-3-4-5-6-7-8-9-10-11-12-13-15(14-16)20(17,18)19/h15-16H,2-14H2,1H3,(H,17,18,19). The van der Waals surface area contributed by atoms with Crippen molar-refractivity contribution in [3.8, 4) is 0 Å². The minimum Gasteiger partial charge on any atom is -0.395 e. The van der Waals surface area contributed by atoms with E-state index in [0.717, 1.165) is 19.3 Å². The lowest BCUT2D eigenvalue weighted by Gasteiger charge is -2.10. The van der Waals surface area contributed by atoms with E-state index in [0.29, 0.717) is 6.42 Å². The fraction of sp³-hybridized carbons (Fsp3) is 1.00. The molecule has 0 radical (unpaired) electrons. The molecule has 0 aliphatic rings. The lowest BCUT2D eigenvalue weighted by Crippen LogP contribution is -2.24. The molecular formula is C15H32O4S. The van der Waals surface area contributed by atoms with Gasteiger partial charge in [0.15, 0.2) is 0 Å². The highest BCUT2D eigenvalue weighted by Gasteiger charge is 2.20. The number of aliphatic hydroxyl groups excluding tert-OH is 1. The Morgan fingerprint density at radius 2 is 1.20 bits per heavy atom. The zero-order valence-electron chi connectivity index (χ0n) is 12.9. The average Bonchev–Trinajstić information content (AvgIpc) is 2.38. The fourth-order valence-corrected chi connectivity index (χ4v) is 3.02. The van der Waals surface area contributed by atoms with Crippen LogP contribution in [0.25, 0.3) is 0 Å². The molecule has 1 unspecified atom stereocenters. The van der Waals surface area contributed by atoms with Crippen LogP contribution in [-0.4, -0.2) is 29.9 Å². The predicted octanol–water partition coefficient (Wildman–Crippen LogP) is 3.94. The highest BCUT2D eigenvalue weighted by Crippen LogP contribution is 2.14. The van der Waals surface area contributed by atoms with Gasteiger partial charge in [0.25, 0.3) is 10.1 Å². The summed E-state index contributed by atoms with van der Waals surface area (Å²) in [5.41, 5.74) is 0. The summed E-state index contributed by atoms with van der Waals surface area (Å²) in [6, 6.07) is 0. The summed E-state index contributed by atoms with van der Waals surface area (Å²) in [5.74, 6) is 0. The quantitative estimate of drug-likeness (QED) is 0.376. The summed E-state index contributed by atoms with van der Waals surface area (Å²) in [7, 11) is -4.08.